The predicted molar refractivity (Wildman–Crippen MR) is 88.6 cm³/mol. The van der Waals surface area contributed by atoms with Crippen molar-refractivity contribution in [2.24, 2.45) is 0 Å². The molecule has 1 aromatic heterocycles. The van der Waals surface area contributed by atoms with E-state index in [9.17, 15) is 0 Å². The molecule has 0 radical (unpaired) electrons. The third kappa shape index (κ3) is 3.67. The summed E-state index contributed by atoms with van der Waals surface area (Å²) >= 11 is 0. The van der Waals surface area contributed by atoms with Gasteiger partial charge in [-0.2, -0.15) is 0 Å². The smallest absolute Gasteiger partial charge is 0.159 e. The SMILES string of the molecule is CCNCC(C)c1c(C)nc(-c2cccc(C)c2)nc1C. The Labute approximate surface area is 127 Å². The van der Waals surface area contributed by atoms with Crippen molar-refractivity contribution in [1.82, 2.24) is 15.3 Å². The molecule has 3 heteroatoms. The number of likely N-dealkylation sites (N-methyl/N-ethyl adjacent to an activating group) is 1. The lowest BCUT2D eigenvalue weighted by atomic mass is 9.97. The third-order valence-electron chi connectivity index (χ3n) is 3.80. The molecular formula is C18H25N3. The van der Waals surface area contributed by atoms with E-state index in [1.807, 2.05) is 0 Å². The average molecular weight is 283 g/mol. The summed E-state index contributed by atoms with van der Waals surface area (Å²) in [6.07, 6.45) is 0. The molecule has 0 amide bonds. The highest BCUT2D eigenvalue weighted by molar-refractivity contribution is 5.57. The summed E-state index contributed by atoms with van der Waals surface area (Å²) in [5, 5.41) is 3.40. The topological polar surface area (TPSA) is 37.8 Å². The van der Waals surface area contributed by atoms with Crippen molar-refractivity contribution in [3.8, 4) is 11.4 Å². The van der Waals surface area contributed by atoms with Crippen LogP contribution in [0.25, 0.3) is 11.4 Å². The molecule has 0 saturated carbocycles. The number of benzene rings is 1. The molecule has 2 aromatic rings. The van der Waals surface area contributed by atoms with Gasteiger partial charge in [0.25, 0.3) is 0 Å². The number of nitrogens with one attached hydrogen (secondary N) is 1. The molecule has 0 aliphatic heterocycles. The van der Waals surface area contributed by atoms with Crippen LogP contribution in [0.15, 0.2) is 24.3 Å². The first kappa shape index (κ1) is 15.6. The Bertz CT molecular complexity index is 597. The van der Waals surface area contributed by atoms with Crippen molar-refractivity contribution in [1.29, 1.82) is 0 Å². The van der Waals surface area contributed by atoms with Crippen LogP contribution < -0.4 is 5.32 Å². The molecule has 0 spiro atoms. The zero-order chi connectivity index (χ0) is 15.4. The van der Waals surface area contributed by atoms with E-state index in [1.165, 1.54) is 11.1 Å². The second kappa shape index (κ2) is 6.81. The number of aryl methyl sites for hydroxylation is 3. The minimum Gasteiger partial charge on any atom is -0.316 e. The molecule has 1 aromatic carbocycles. The third-order valence-corrected chi connectivity index (χ3v) is 3.80. The Morgan fingerprint density at radius 2 is 1.76 bits per heavy atom. The van der Waals surface area contributed by atoms with Crippen LogP contribution >= 0.6 is 0 Å². The lowest BCUT2D eigenvalue weighted by Gasteiger charge is -2.17. The molecule has 1 atom stereocenters. The summed E-state index contributed by atoms with van der Waals surface area (Å²) in [5.74, 6) is 1.25. The number of hydrogen-bond acceptors (Lipinski definition) is 3. The first-order valence-corrected chi connectivity index (χ1v) is 7.65. The quantitative estimate of drug-likeness (QED) is 0.907. The van der Waals surface area contributed by atoms with E-state index in [0.717, 1.165) is 35.9 Å². The second-order valence-corrected chi connectivity index (χ2v) is 5.71. The van der Waals surface area contributed by atoms with Gasteiger partial charge < -0.3 is 5.32 Å². The molecule has 3 nitrogen and oxygen atoms in total. The maximum absolute atomic E-state index is 4.74. The summed E-state index contributed by atoms with van der Waals surface area (Å²) in [7, 11) is 0. The van der Waals surface area contributed by atoms with Crippen LogP contribution in [0.2, 0.25) is 0 Å². The lowest BCUT2D eigenvalue weighted by Crippen LogP contribution is -2.21. The zero-order valence-electron chi connectivity index (χ0n) is 13.7. The van der Waals surface area contributed by atoms with Gasteiger partial charge in [-0.3, -0.25) is 0 Å². The van der Waals surface area contributed by atoms with Crippen LogP contribution in [0.4, 0.5) is 0 Å². The van der Waals surface area contributed by atoms with Gasteiger partial charge in [0, 0.05) is 23.5 Å². The van der Waals surface area contributed by atoms with Crippen molar-refractivity contribution in [2.45, 2.75) is 40.5 Å². The fraction of sp³-hybridized carbons (Fsp3) is 0.444. The van der Waals surface area contributed by atoms with E-state index in [-0.39, 0.29) is 0 Å². The van der Waals surface area contributed by atoms with E-state index >= 15 is 0 Å². The Morgan fingerprint density at radius 3 is 2.33 bits per heavy atom. The van der Waals surface area contributed by atoms with E-state index < -0.39 is 0 Å². The van der Waals surface area contributed by atoms with E-state index in [2.05, 4.69) is 64.2 Å². The van der Waals surface area contributed by atoms with Gasteiger partial charge in [0.1, 0.15) is 0 Å². The maximum Gasteiger partial charge on any atom is 0.159 e. The van der Waals surface area contributed by atoms with Gasteiger partial charge in [0.15, 0.2) is 5.82 Å². The summed E-state index contributed by atoms with van der Waals surface area (Å²) in [4.78, 5) is 9.47. The molecule has 0 saturated heterocycles. The van der Waals surface area contributed by atoms with Crippen molar-refractivity contribution < 1.29 is 0 Å². The molecule has 0 aliphatic carbocycles. The largest absolute Gasteiger partial charge is 0.316 e. The fourth-order valence-electron chi connectivity index (χ4n) is 2.81. The Kier molecular flexibility index (Phi) is 5.07. The van der Waals surface area contributed by atoms with Gasteiger partial charge in [0.2, 0.25) is 0 Å². The van der Waals surface area contributed by atoms with Gasteiger partial charge in [-0.25, -0.2) is 9.97 Å². The van der Waals surface area contributed by atoms with Crippen molar-refractivity contribution in [3.63, 3.8) is 0 Å². The molecule has 1 unspecified atom stereocenters. The number of nitrogens with zero attached hydrogens (tertiary/aromatic N) is 2. The molecule has 0 bridgehead atoms. The number of rotatable bonds is 5. The van der Waals surface area contributed by atoms with Crippen LogP contribution in [-0.2, 0) is 0 Å². The molecule has 0 fully saturated rings. The number of aromatic nitrogens is 2. The van der Waals surface area contributed by atoms with Gasteiger partial charge in [0.05, 0.1) is 0 Å². The Hall–Kier alpha value is -1.74. The fourth-order valence-corrected chi connectivity index (χ4v) is 2.81. The molecule has 0 aliphatic rings. The van der Waals surface area contributed by atoms with Crippen LogP contribution in [0, 0.1) is 20.8 Å². The van der Waals surface area contributed by atoms with Crippen molar-refractivity contribution in [3.05, 3.63) is 46.8 Å². The van der Waals surface area contributed by atoms with Crippen LogP contribution in [0.1, 0.15) is 42.3 Å². The summed E-state index contributed by atoms with van der Waals surface area (Å²) < 4.78 is 0. The summed E-state index contributed by atoms with van der Waals surface area (Å²) in [5.41, 5.74) is 5.77. The molecule has 1 heterocycles. The van der Waals surface area contributed by atoms with Crippen LogP contribution in [0.5, 0.6) is 0 Å². The highest BCUT2D eigenvalue weighted by Gasteiger charge is 2.15. The molecule has 1 N–H and O–H groups in total. The predicted octanol–water partition coefficient (Wildman–Crippen LogP) is 3.78. The highest BCUT2D eigenvalue weighted by Crippen LogP contribution is 2.24. The lowest BCUT2D eigenvalue weighted by molar-refractivity contribution is 0.624. The van der Waals surface area contributed by atoms with Gasteiger partial charge >= 0.3 is 0 Å². The van der Waals surface area contributed by atoms with Crippen LogP contribution in [0.3, 0.4) is 0 Å². The van der Waals surface area contributed by atoms with E-state index in [4.69, 9.17) is 9.97 Å². The van der Waals surface area contributed by atoms with Gasteiger partial charge in [-0.05, 0) is 44.9 Å². The molecule has 2 rings (SSSR count). The molecule has 112 valence electrons. The Morgan fingerprint density at radius 1 is 1.10 bits per heavy atom. The van der Waals surface area contributed by atoms with Gasteiger partial charge in [-0.1, -0.05) is 37.6 Å². The monoisotopic (exact) mass is 283 g/mol. The van der Waals surface area contributed by atoms with Crippen molar-refractivity contribution >= 4 is 0 Å². The van der Waals surface area contributed by atoms with Crippen LogP contribution in [-0.4, -0.2) is 23.1 Å². The Balaban J connectivity index is 2.37. The van der Waals surface area contributed by atoms with Gasteiger partial charge in [-0.15, -0.1) is 0 Å². The van der Waals surface area contributed by atoms with Crippen molar-refractivity contribution in [2.75, 3.05) is 13.1 Å². The minimum absolute atomic E-state index is 0.427. The van der Waals surface area contributed by atoms with E-state index in [0.29, 0.717) is 5.92 Å². The summed E-state index contributed by atoms with van der Waals surface area (Å²) in [6, 6.07) is 8.36. The number of hydrogen-bond donors (Lipinski definition) is 1. The molecular weight excluding hydrogens is 258 g/mol. The first-order valence-electron chi connectivity index (χ1n) is 7.65. The standard InChI is InChI=1S/C18H25N3/c1-6-19-11-13(3)17-14(4)20-18(21-15(17)5)16-9-7-8-12(2)10-16/h7-10,13,19H,6,11H2,1-5H3. The first-order chi connectivity index (χ1) is 10.0. The maximum atomic E-state index is 4.74. The minimum atomic E-state index is 0.427. The summed E-state index contributed by atoms with van der Waals surface area (Å²) in [6.45, 7) is 12.6. The van der Waals surface area contributed by atoms with E-state index in [1.54, 1.807) is 0 Å². The molecule has 21 heavy (non-hydrogen) atoms. The normalized spacial score (nSPS) is 12.4. The zero-order valence-corrected chi connectivity index (χ0v) is 13.7. The average Bonchev–Trinajstić information content (AvgIpc) is 2.44. The highest BCUT2D eigenvalue weighted by atomic mass is 14.9. The second-order valence-electron chi connectivity index (χ2n) is 5.71.